The molecule has 1 saturated heterocycles. The third-order valence-electron chi connectivity index (χ3n) is 6.70. The van der Waals surface area contributed by atoms with Gasteiger partial charge in [0, 0.05) is 36.8 Å². The molecule has 2 aromatic heterocycles. The number of piperidine rings is 1. The number of likely N-dealkylation sites (tertiary alicyclic amines) is 1. The SMILES string of the molecule is Cc1cc(-c2cc(CN3CC[C@@H](O)[C@H](c4ccc5c(c4C)COC5=O)C3)on2)ncc1C#N. The summed E-state index contributed by atoms with van der Waals surface area (Å²) in [6.45, 7) is 6.14. The van der Waals surface area contributed by atoms with Crippen molar-refractivity contribution in [2.24, 2.45) is 0 Å². The minimum absolute atomic E-state index is 0.0648. The fourth-order valence-corrected chi connectivity index (χ4v) is 4.77. The molecular weight excluding hydrogens is 420 g/mol. The van der Waals surface area contributed by atoms with E-state index in [1.165, 1.54) is 0 Å². The summed E-state index contributed by atoms with van der Waals surface area (Å²) in [6, 6.07) is 9.58. The van der Waals surface area contributed by atoms with Crippen molar-refractivity contribution in [1.29, 1.82) is 5.26 Å². The quantitative estimate of drug-likeness (QED) is 0.610. The molecule has 8 heteroatoms. The van der Waals surface area contributed by atoms with Crippen LogP contribution in [0.2, 0.25) is 0 Å². The molecule has 0 unspecified atom stereocenters. The van der Waals surface area contributed by atoms with Crippen LogP contribution in [0, 0.1) is 25.2 Å². The standard InChI is InChI=1S/C25H24N4O4/c1-14-7-22(27-10-16(14)9-26)23-8-17(33-28-23)11-29-6-5-24(30)20(12-29)18-3-4-19-21(15(18)2)13-32-25(19)31/h3-4,7-8,10,20,24,30H,5-6,11-13H2,1-2H3/t20-,24+/m0/s1. The summed E-state index contributed by atoms with van der Waals surface area (Å²) < 4.78 is 10.7. The maximum Gasteiger partial charge on any atom is 0.338 e. The Balaban J connectivity index is 1.33. The summed E-state index contributed by atoms with van der Waals surface area (Å²) >= 11 is 0. The largest absolute Gasteiger partial charge is 0.457 e. The van der Waals surface area contributed by atoms with Crippen LogP contribution in [0.15, 0.2) is 35.0 Å². The molecule has 33 heavy (non-hydrogen) atoms. The summed E-state index contributed by atoms with van der Waals surface area (Å²) in [7, 11) is 0. The van der Waals surface area contributed by atoms with Crippen LogP contribution in [-0.2, 0) is 17.9 Å². The number of pyridine rings is 1. The van der Waals surface area contributed by atoms with Crippen molar-refractivity contribution in [3.05, 3.63) is 69.6 Å². The molecule has 4 heterocycles. The Kier molecular flexibility index (Phi) is 5.44. The number of carbonyl (C=O) groups is 1. The van der Waals surface area contributed by atoms with Gasteiger partial charge in [0.2, 0.25) is 0 Å². The number of hydrogen-bond donors (Lipinski definition) is 1. The minimum atomic E-state index is -0.452. The van der Waals surface area contributed by atoms with Crippen molar-refractivity contribution >= 4 is 5.97 Å². The van der Waals surface area contributed by atoms with Crippen LogP contribution < -0.4 is 0 Å². The molecule has 1 fully saturated rings. The lowest BCUT2D eigenvalue weighted by Crippen LogP contribution is -2.41. The Morgan fingerprint density at radius 1 is 1.27 bits per heavy atom. The number of nitrogens with zero attached hydrogens (tertiary/aromatic N) is 4. The molecule has 0 spiro atoms. The summed E-state index contributed by atoms with van der Waals surface area (Å²) in [5, 5.41) is 24.0. The van der Waals surface area contributed by atoms with Crippen LogP contribution >= 0.6 is 0 Å². The van der Waals surface area contributed by atoms with E-state index in [1.54, 1.807) is 6.20 Å². The van der Waals surface area contributed by atoms with Crippen molar-refractivity contribution in [2.45, 2.75) is 45.4 Å². The number of aromatic nitrogens is 2. The van der Waals surface area contributed by atoms with Crippen molar-refractivity contribution in [2.75, 3.05) is 13.1 Å². The van der Waals surface area contributed by atoms with Gasteiger partial charge in [-0.25, -0.2) is 4.79 Å². The van der Waals surface area contributed by atoms with Gasteiger partial charge in [0.1, 0.15) is 18.4 Å². The zero-order valence-corrected chi connectivity index (χ0v) is 18.5. The lowest BCUT2D eigenvalue weighted by Gasteiger charge is -2.36. The molecule has 168 valence electrons. The number of fused-ring (bicyclic) bond motifs is 1. The van der Waals surface area contributed by atoms with E-state index in [9.17, 15) is 9.90 Å². The molecule has 2 aliphatic heterocycles. The van der Waals surface area contributed by atoms with E-state index >= 15 is 0 Å². The zero-order valence-electron chi connectivity index (χ0n) is 18.5. The smallest absolute Gasteiger partial charge is 0.338 e. The number of aryl methyl sites for hydroxylation is 1. The topological polar surface area (TPSA) is 112 Å². The number of hydrogen-bond acceptors (Lipinski definition) is 8. The zero-order chi connectivity index (χ0) is 23.1. The number of esters is 1. The van der Waals surface area contributed by atoms with Gasteiger partial charge in [-0.15, -0.1) is 0 Å². The van der Waals surface area contributed by atoms with E-state index in [2.05, 4.69) is 21.1 Å². The van der Waals surface area contributed by atoms with Crippen LogP contribution in [0.4, 0.5) is 0 Å². The van der Waals surface area contributed by atoms with Gasteiger partial charge in [-0.05, 0) is 49.1 Å². The molecule has 0 amide bonds. The fraction of sp³-hybridized carbons (Fsp3) is 0.360. The second-order valence-electron chi connectivity index (χ2n) is 8.75. The number of nitriles is 1. The molecule has 0 bridgehead atoms. The van der Waals surface area contributed by atoms with Crippen molar-refractivity contribution in [3.8, 4) is 17.5 Å². The number of aliphatic hydroxyl groups excluding tert-OH is 1. The predicted molar refractivity (Wildman–Crippen MR) is 118 cm³/mol. The van der Waals surface area contributed by atoms with Crippen LogP contribution in [0.3, 0.4) is 0 Å². The predicted octanol–water partition coefficient (Wildman–Crippen LogP) is 3.25. The first kappa shape index (κ1) is 21.3. The highest BCUT2D eigenvalue weighted by molar-refractivity contribution is 5.94. The Morgan fingerprint density at radius 2 is 2.12 bits per heavy atom. The molecule has 0 saturated carbocycles. The molecule has 1 aromatic carbocycles. The monoisotopic (exact) mass is 444 g/mol. The first-order chi connectivity index (χ1) is 15.9. The van der Waals surface area contributed by atoms with E-state index in [0.717, 1.165) is 28.8 Å². The van der Waals surface area contributed by atoms with Gasteiger partial charge in [-0.1, -0.05) is 11.2 Å². The Labute approximate surface area is 191 Å². The molecule has 2 atom stereocenters. The summed E-state index contributed by atoms with van der Waals surface area (Å²) in [6.07, 6.45) is 1.74. The van der Waals surface area contributed by atoms with E-state index in [4.69, 9.17) is 14.5 Å². The molecular formula is C25H24N4O4. The lowest BCUT2D eigenvalue weighted by atomic mass is 9.83. The van der Waals surface area contributed by atoms with E-state index in [1.807, 2.05) is 38.1 Å². The molecule has 8 nitrogen and oxygen atoms in total. The van der Waals surface area contributed by atoms with E-state index in [-0.39, 0.29) is 11.9 Å². The third kappa shape index (κ3) is 3.90. The summed E-state index contributed by atoms with van der Waals surface area (Å²) in [5.74, 6) is 0.372. The second-order valence-corrected chi connectivity index (χ2v) is 8.75. The van der Waals surface area contributed by atoms with Crippen LogP contribution in [0.5, 0.6) is 0 Å². The maximum absolute atomic E-state index is 11.9. The average Bonchev–Trinajstić information content (AvgIpc) is 3.43. The number of carbonyl (C=O) groups excluding carboxylic acids is 1. The molecule has 3 aromatic rings. The fourth-order valence-electron chi connectivity index (χ4n) is 4.77. The van der Waals surface area contributed by atoms with Gasteiger partial charge in [0.15, 0.2) is 5.76 Å². The Morgan fingerprint density at radius 3 is 2.91 bits per heavy atom. The first-order valence-corrected chi connectivity index (χ1v) is 11.0. The van der Waals surface area contributed by atoms with Gasteiger partial charge in [0.05, 0.1) is 29.5 Å². The van der Waals surface area contributed by atoms with Gasteiger partial charge < -0.3 is 14.4 Å². The number of aliphatic hydroxyl groups is 1. The average molecular weight is 444 g/mol. The van der Waals surface area contributed by atoms with Crippen molar-refractivity contribution < 1.29 is 19.2 Å². The summed E-state index contributed by atoms with van der Waals surface area (Å²) in [5.41, 5.74) is 6.30. The molecule has 0 aliphatic carbocycles. The van der Waals surface area contributed by atoms with Gasteiger partial charge in [0.25, 0.3) is 0 Å². The highest BCUT2D eigenvalue weighted by Gasteiger charge is 2.33. The normalized spacial score (nSPS) is 20.4. The molecule has 2 aliphatic rings. The van der Waals surface area contributed by atoms with Gasteiger partial charge >= 0.3 is 5.97 Å². The third-order valence-corrected chi connectivity index (χ3v) is 6.70. The van der Waals surface area contributed by atoms with Gasteiger partial charge in [-0.2, -0.15) is 5.26 Å². The number of ether oxygens (including phenoxy) is 1. The summed E-state index contributed by atoms with van der Waals surface area (Å²) in [4.78, 5) is 18.4. The highest BCUT2D eigenvalue weighted by Crippen LogP contribution is 2.35. The second kappa shape index (κ2) is 8.43. The van der Waals surface area contributed by atoms with Crippen molar-refractivity contribution in [1.82, 2.24) is 15.0 Å². The van der Waals surface area contributed by atoms with Crippen LogP contribution in [-0.4, -0.2) is 45.3 Å². The maximum atomic E-state index is 11.9. The number of rotatable bonds is 4. The number of benzene rings is 1. The van der Waals surface area contributed by atoms with Crippen LogP contribution in [0.25, 0.3) is 11.4 Å². The first-order valence-electron chi connectivity index (χ1n) is 11.0. The molecule has 0 radical (unpaired) electrons. The minimum Gasteiger partial charge on any atom is -0.457 e. The molecule has 1 N–H and O–H groups in total. The lowest BCUT2D eigenvalue weighted by molar-refractivity contribution is 0.0523. The van der Waals surface area contributed by atoms with Crippen LogP contribution in [0.1, 0.15) is 56.3 Å². The highest BCUT2D eigenvalue weighted by atomic mass is 16.5. The Hall–Kier alpha value is -3.54. The Bertz CT molecular complexity index is 1280. The van der Waals surface area contributed by atoms with Crippen molar-refractivity contribution in [3.63, 3.8) is 0 Å². The number of cyclic esters (lactones) is 1. The van der Waals surface area contributed by atoms with E-state index in [0.29, 0.717) is 54.4 Å². The molecule has 5 rings (SSSR count). The van der Waals surface area contributed by atoms with Gasteiger partial charge in [-0.3, -0.25) is 9.88 Å². The van der Waals surface area contributed by atoms with E-state index < -0.39 is 6.10 Å².